The van der Waals surface area contributed by atoms with E-state index in [1.54, 1.807) is 0 Å². The Hall–Kier alpha value is -1.59. The van der Waals surface area contributed by atoms with Gasteiger partial charge in [0.15, 0.2) is 0 Å². The lowest BCUT2D eigenvalue weighted by Crippen LogP contribution is -2.40. The Morgan fingerprint density at radius 1 is 1.09 bits per heavy atom. The van der Waals surface area contributed by atoms with E-state index in [1.165, 1.54) is 18.5 Å². The van der Waals surface area contributed by atoms with Gasteiger partial charge in [0.25, 0.3) is 0 Å². The van der Waals surface area contributed by atoms with Gasteiger partial charge in [0.05, 0.1) is 19.3 Å². The number of nitrogens with one attached hydrogen (secondary N) is 1. The van der Waals surface area contributed by atoms with E-state index in [2.05, 4.69) is 27.2 Å². The number of likely N-dealkylation sites (tertiary alicyclic amines) is 1. The molecule has 2 aliphatic rings. The highest BCUT2D eigenvalue weighted by molar-refractivity contribution is 5.94. The molecule has 5 heteroatoms. The maximum absolute atomic E-state index is 12.3. The van der Waals surface area contributed by atoms with Gasteiger partial charge in [-0.05, 0) is 57.1 Å². The molecule has 0 aromatic heterocycles. The van der Waals surface area contributed by atoms with Crippen molar-refractivity contribution in [2.24, 2.45) is 0 Å². The molecular formula is C17H25N3O2. The molecular weight excluding hydrogens is 278 g/mol. The van der Waals surface area contributed by atoms with Crippen molar-refractivity contribution in [1.29, 1.82) is 0 Å². The standard InChI is InChI=1S/C17H25N3O2/c1-14(19-8-2-3-9-19)17(21)18-15-4-6-16(7-5-15)20-10-12-22-13-11-20/h4-7,14H,2-3,8-13H2,1H3,(H,18,21). The Morgan fingerprint density at radius 2 is 1.73 bits per heavy atom. The number of carbonyl (C=O) groups excluding carboxylic acids is 1. The number of carbonyl (C=O) groups is 1. The van der Waals surface area contributed by atoms with Gasteiger partial charge < -0.3 is 15.0 Å². The van der Waals surface area contributed by atoms with Gasteiger partial charge in [0.2, 0.25) is 5.91 Å². The average Bonchev–Trinajstić information content (AvgIpc) is 3.10. The minimum absolute atomic E-state index is 0.0542. The summed E-state index contributed by atoms with van der Waals surface area (Å²) >= 11 is 0. The molecule has 1 aromatic carbocycles. The zero-order valence-electron chi connectivity index (χ0n) is 13.3. The Labute approximate surface area is 132 Å². The van der Waals surface area contributed by atoms with Crippen molar-refractivity contribution >= 4 is 17.3 Å². The van der Waals surface area contributed by atoms with E-state index in [0.29, 0.717) is 0 Å². The molecule has 0 aliphatic carbocycles. The minimum atomic E-state index is -0.0542. The molecule has 0 spiro atoms. The quantitative estimate of drug-likeness (QED) is 0.923. The molecule has 2 saturated heterocycles. The van der Waals surface area contributed by atoms with Crippen LogP contribution in [0.5, 0.6) is 0 Å². The first-order chi connectivity index (χ1) is 10.7. The summed E-state index contributed by atoms with van der Waals surface area (Å²) in [7, 11) is 0. The lowest BCUT2D eigenvalue weighted by molar-refractivity contribution is -0.120. The van der Waals surface area contributed by atoms with Crippen LogP contribution in [0.15, 0.2) is 24.3 Å². The highest BCUT2D eigenvalue weighted by Gasteiger charge is 2.23. The van der Waals surface area contributed by atoms with Crippen molar-refractivity contribution in [1.82, 2.24) is 4.90 Å². The number of benzene rings is 1. The van der Waals surface area contributed by atoms with Crippen molar-refractivity contribution in [3.05, 3.63) is 24.3 Å². The molecule has 120 valence electrons. The van der Waals surface area contributed by atoms with Crippen LogP contribution in [0.2, 0.25) is 0 Å². The molecule has 1 unspecified atom stereocenters. The predicted octanol–water partition coefficient (Wildman–Crippen LogP) is 1.95. The van der Waals surface area contributed by atoms with E-state index in [4.69, 9.17) is 4.74 Å². The van der Waals surface area contributed by atoms with Crippen LogP contribution in [0.25, 0.3) is 0 Å². The van der Waals surface area contributed by atoms with Crippen LogP contribution in [0, 0.1) is 0 Å². The number of hydrogen-bond donors (Lipinski definition) is 1. The van der Waals surface area contributed by atoms with Crippen LogP contribution in [-0.4, -0.2) is 56.2 Å². The predicted molar refractivity (Wildman–Crippen MR) is 88.4 cm³/mol. The monoisotopic (exact) mass is 303 g/mol. The number of amides is 1. The van der Waals surface area contributed by atoms with Crippen LogP contribution in [-0.2, 0) is 9.53 Å². The van der Waals surface area contributed by atoms with Gasteiger partial charge in [-0.25, -0.2) is 0 Å². The SMILES string of the molecule is CC(C(=O)Nc1ccc(N2CCOCC2)cc1)N1CCCC1. The molecule has 2 heterocycles. The largest absolute Gasteiger partial charge is 0.378 e. The van der Waals surface area contributed by atoms with Gasteiger partial charge in [-0.1, -0.05) is 0 Å². The molecule has 3 rings (SSSR count). The third-order valence-corrected chi connectivity index (χ3v) is 4.58. The number of anilines is 2. The second-order valence-corrected chi connectivity index (χ2v) is 6.05. The summed E-state index contributed by atoms with van der Waals surface area (Å²) in [6.07, 6.45) is 2.40. The van der Waals surface area contributed by atoms with E-state index < -0.39 is 0 Å². The first kappa shape index (κ1) is 15.3. The Bertz CT molecular complexity index is 491. The summed E-state index contributed by atoms with van der Waals surface area (Å²) in [5.41, 5.74) is 2.06. The Morgan fingerprint density at radius 3 is 2.36 bits per heavy atom. The van der Waals surface area contributed by atoms with E-state index in [-0.39, 0.29) is 11.9 Å². The fourth-order valence-corrected chi connectivity index (χ4v) is 3.12. The van der Waals surface area contributed by atoms with Crippen LogP contribution in [0.4, 0.5) is 11.4 Å². The number of nitrogens with zero attached hydrogens (tertiary/aromatic N) is 2. The van der Waals surface area contributed by atoms with Crippen LogP contribution >= 0.6 is 0 Å². The summed E-state index contributed by atoms with van der Waals surface area (Å²) < 4.78 is 5.37. The third-order valence-electron chi connectivity index (χ3n) is 4.58. The average molecular weight is 303 g/mol. The number of rotatable bonds is 4. The van der Waals surface area contributed by atoms with Gasteiger partial charge in [0, 0.05) is 24.5 Å². The molecule has 1 atom stereocenters. The van der Waals surface area contributed by atoms with Crippen molar-refractivity contribution in [2.75, 3.05) is 49.6 Å². The smallest absolute Gasteiger partial charge is 0.241 e. The molecule has 5 nitrogen and oxygen atoms in total. The van der Waals surface area contributed by atoms with Gasteiger partial charge in [-0.3, -0.25) is 9.69 Å². The maximum atomic E-state index is 12.3. The minimum Gasteiger partial charge on any atom is -0.378 e. The summed E-state index contributed by atoms with van der Waals surface area (Å²) in [6.45, 7) is 7.48. The van der Waals surface area contributed by atoms with Crippen molar-refractivity contribution in [2.45, 2.75) is 25.8 Å². The van der Waals surface area contributed by atoms with E-state index in [9.17, 15) is 4.79 Å². The zero-order valence-corrected chi connectivity index (χ0v) is 13.3. The molecule has 1 amide bonds. The second-order valence-electron chi connectivity index (χ2n) is 6.05. The van der Waals surface area contributed by atoms with Crippen molar-refractivity contribution in [3.8, 4) is 0 Å². The summed E-state index contributed by atoms with van der Waals surface area (Å²) in [6, 6.07) is 8.06. The Balaban J connectivity index is 1.57. The number of hydrogen-bond acceptors (Lipinski definition) is 4. The summed E-state index contributed by atoms with van der Waals surface area (Å²) in [4.78, 5) is 16.9. The molecule has 0 saturated carbocycles. The fraction of sp³-hybridized carbons (Fsp3) is 0.588. The lowest BCUT2D eigenvalue weighted by Gasteiger charge is -2.29. The molecule has 2 fully saturated rings. The first-order valence-electron chi connectivity index (χ1n) is 8.22. The zero-order chi connectivity index (χ0) is 15.4. The molecule has 1 N–H and O–H groups in total. The van der Waals surface area contributed by atoms with Gasteiger partial charge in [-0.15, -0.1) is 0 Å². The topological polar surface area (TPSA) is 44.8 Å². The number of morpholine rings is 1. The molecule has 2 aliphatic heterocycles. The summed E-state index contributed by atoms with van der Waals surface area (Å²) in [5, 5.41) is 3.02. The third kappa shape index (κ3) is 3.59. The molecule has 0 radical (unpaired) electrons. The van der Waals surface area contributed by atoms with Crippen molar-refractivity contribution in [3.63, 3.8) is 0 Å². The molecule has 22 heavy (non-hydrogen) atoms. The van der Waals surface area contributed by atoms with Gasteiger partial charge >= 0.3 is 0 Å². The van der Waals surface area contributed by atoms with E-state index in [1.807, 2.05) is 19.1 Å². The number of ether oxygens (including phenoxy) is 1. The first-order valence-corrected chi connectivity index (χ1v) is 8.22. The van der Waals surface area contributed by atoms with Crippen LogP contribution < -0.4 is 10.2 Å². The highest BCUT2D eigenvalue weighted by atomic mass is 16.5. The van der Waals surface area contributed by atoms with Gasteiger partial charge in [0.1, 0.15) is 0 Å². The van der Waals surface area contributed by atoms with E-state index >= 15 is 0 Å². The molecule has 1 aromatic rings. The normalized spacial score (nSPS) is 20.9. The van der Waals surface area contributed by atoms with Gasteiger partial charge in [-0.2, -0.15) is 0 Å². The molecule has 0 bridgehead atoms. The lowest BCUT2D eigenvalue weighted by atomic mass is 10.2. The van der Waals surface area contributed by atoms with Crippen LogP contribution in [0.3, 0.4) is 0 Å². The van der Waals surface area contributed by atoms with Crippen molar-refractivity contribution < 1.29 is 9.53 Å². The maximum Gasteiger partial charge on any atom is 0.241 e. The van der Waals surface area contributed by atoms with Crippen LogP contribution in [0.1, 0.15) is 19.8 Å². The highest BCUT2D eigenvalue weighted by Crippen LogP contribution is 2.20. The fourth-order valence-electron chi connectivity index (χ4n) is 3.12. The Kier molecular flexibility index (Phi) is 4.95. The van der Waals surface area contributed by atoms with E-state index in [0.717, 1.165) is 45.1 Å². The summed E-state index contributed by atoms with van der Waals surface area (Å²) in [5.74, 6) is 0.0843. The second kappa shape index (κ2) is 7.11.